The third-order valence-electron chi connectivity index (χ3n) is 5.89. The molecule has 2 aromatic heterocycles. The highest BCUT2D eigenvalue weighted by atomic mass is 79.9. The molecule has 1 N–H and O–H groups in total. The zero-order valence-corrected chi connectivity index (χ0v) is 22.1. The molecule has 0 unspecified atom stereocenters. The Kier molecular flexibility index (Phi) is 6.62. The molecule has 1 aliphatic rings. The molecule has 2 aromatic carbocycles. The minimum Gasteiger partial charge on any atom is -0.491 e. The van der Waals surface area contributed by atoms with Gasteiger partial charge < -0.3 is 19.4 Å². The van der Waals surface area contributed by atoms with Gasteiger partial charge in [-0.25, -0.2) is 0 Å². The van der Waals surface area contributed by atoms with Crippen molar-refractivity contribution in [1.82, 2.24) is 10.3 Å². The fraction of sp³-hybridized carbons (Fsp3) is 0.214. The minimum absolute atomic E-state index is 0.110. The van der Waals surface area contributed by atoms with E-state index in [-0.39, 0.29) is 18.2 Å². The summed E-state index contributed by atoms with van der Waals surface area (Å²) in [4.78, 5) is 6.71. The van der Waals surface area contributed by atoms with E-state index in [1.54, 1.807) is 6.20 Å². The lowest BCUT2D eigenvalue weighted by atomic mass is 10.0. The number of hydrogen-bond donors (Lipinski definition) is 1. The number of nitrogens with zero attached hydrogens (tertiary/aromatic N) is 2. The maximum Gasteiger partial charge on any atom is 0.174 e. The first kappa shape index (κ1) is 23.6. The van der Waals surface area contributed by atoms with Gasteiger partial charge in [0.1, 0.15) is 23.3 Å². The van der Waals surface area contributed by atoms with Crippen molar-refractivity contribution in [3.63, 3.8) is 0 Å². The number of furan rings is 1. The second-order valence-electron chi connectivity index (χ2n) is 8.84. The van der Waals surface area contributed by atoms with Crippen molar-refractivity contribution in [2.75, 3.05) is 4.90 Å². The molecule has 0 aliphatic carbocycles. The van der Waals surface area contributed by atoms with E-state index in [0.29, 0.717) is 5.11 Å². The number of nitrogens with one attached hydrogen (secondary N) is 1. The average molecular weight is 549 g/mol. The summed E-state index contributed by atoms with van der Waals surface area (Å²) in [6.07, 6.45) is 1.91. The van der Waals surface area contributed by atoms with Crippen molar-refractivity contribution >= 4 is 38.9 Å². The number of hydrogen-bond acceptors (Lipinski definition) is 4. The number of aromatic nitrogens is 1. The first-order valence-corrected chi connectivity index (χ1v) is 12.7. The summed E-state index contributed by atoms with van der Waals surface area (Å²) in [6, 6.07) is 23.8. The van der Waals surface area contributed by atoms with Crippen LogP contribution in [0.25, 0.3) is 11.3 Å². The Bertz CT molecular complexity index is 1340. The molecule has 0 saturated carbocycles. The van der Waals surface area contributed by atoms with Crippen molar-refractivity contribution in [1.29, 1.82) is 0 Å². The van der Waals surface area contributed by atoms with Crippen LogP contribution in [0.5, 0.6) is 5.75 Å². The molecule has 2 atom stereocenters. The SMILES string of the molecule is Cc1ccc(-c2ccc([C@@H]3[C@@H](c4ccccn4)NC(=S)N3c3ccc(OC(C)C)cc3)o2)c(Br)c1. The molecule has 178 valence electrons. The highest BCUT2D eigenvalue weighted by Gasteiger charge is 2.42. The Morgan fingerprint density at radius 2 is 1.86 bits per heavy atom. The van der Waals surface area contributed by atoms with Crippen LogP contribution in [-0.2, 0) is 0 Å². The molecular weight excluding hydrogens is 522 g/mol. The predicted molar refractivity (Wildman–Crippen MR) is 147 cm³/mol. The van der Waals surface area contributed by atoms with Crippen molar-refractivity contribution < 1.29 is 9.15 Å². The summed E-state index contributed by atoms with van der Waals surface area (Å²) in [5.41, 5.74) is 4.05. The monoisotopic (exact) mass is 547 g/mol. The average Bonchev–Trinajstić information content (AvgIpc) is 3.44. The third-order valence-corrected chi connectivity index (χ3v) is 6.86. The van der Waals surface area contributed by atoms with Crippen LogP contribution in [-0.4, -0.2) is 16.2 Å². The Hall–Kier alpha value is -3.16. The normalized spacial score (nSPS) is 17.6. The predicted octanol–water partition coefficient (Wildman–Crippen LogP) is 7.38. The van der Waals surface area contributed by atoms with E-state index in [1.165, 1.54) is 5.56 Å². The quantitative estimate of drug-likeness (QED) is 0.254. The zero-order chi connectivity index (χ0) is 24.5. The van der Waals surface area contributed by atoms with Crippen LogP contribution < -0.4 is 15.0 Å². The zero-order valence-electron chi connectivity index (χ0n) is 19.7. The second kappa shape index (κ2) is 9.84. The van der Waals surface area contributed by atoms with Gasteiger partial charge in [0.25, 0.3) is 0 Å². The summed E-state index contributed by atoms with van der Waals surface area (Å²) in [7, 11) is 0. The summed E-state index contributed by atoms with van der Waals surface area (Å²) in [6.45, 7) is 6.10. The van der Waals surface area contributed by atoms with E-state index in [4.69, 9.17) is 21.4 Å². The highest BCUT2D eigenvalue weighted by molar-refractivity contribution is 9.10. The van der Waals surface area contributed by atoms with Gasteiger partial charge in [-0.05, 0) is 99.2 Å². The van der Waals surface area contributed by atoms with E-state index in [0.717, 1.165) is 38.7 Å². The van der Waals surface area contributed by atoms with Gasteiger partial charge in [0, 0.05) is 21.9 Å². The smallest absolute Gasteiger partial charge is 0.174 e. The number of aryl methyl sites for hydroxylation is 1. The van der Waals surface area contributed by atoms with Crippen molar-refractivity contribution in [3.8, 4) is 17.1 Å². The van der Waals surface area contributed by atoms with Gasteiger partial charge in [-0.1, -0.05) is 28.1 Å². The maximum atomic E-state index is 6.48. The minimum atomic E-state index is -0.216. The molecule has 1 fully saturated rings. The van der Waals surface area contributed by atoms with Crippen LogP contribution >= 0.6 is 28.1 Å². The molecule has 5 rings (SSSR count). The van der Waals surface area contributed by atoms with Crippen molar-refractivity contribution in [3.05, 3.63) is 100 Å². The fourth-order valence-corrected chi connectivity index (χ4v) is 5.39. The Balaban J connectivity index is 1.56. The lowest BCUT2D eigenvalue weighted by Crippen LogP contribution is -2.29. The van der Waals surface area contributed by atoms with Gasteiger partial charge >= 0.3 is 0 Å². The first-order chi connectivity index (χ1) is 16.9. The van der Waals surface area contributed by atoms with Crippen LogP contribution in [0.15, 0.2) is 87.9 Å². The molecule has 0 amide bonds. The van der Waals surface area contributed by atoms with Gasteiger partial charge in [-0.3, -0.25) is 4.98 Å². The lowest BCUT2D eigenvalue weighted by Gasteiger charge is -2.26. The summed E-state index contributed by atoms with van der Waals surface area (Å²) < 4.78 is 13.3. The Morgan fingerprint density at radius 1 is 1.06 bits per heavy atom. The van der Waals surface area contributed by atoms with E-state index in [1.807, 2.05) is 68.4 Å². The molecule has 1 saturated heterocycles. The molecule has 3 heterocycles. The van der Waals surface area contributed by atoms with Crippen molar-refractivity contribution in [2.24, 2.45) is 0 Å². The Labute approximate surface area is 219 Å². The number of rotatable bonds is 6. The highest BCUT2D eigenvalue weighted by Crippen LogP contribution is 2.43. The second-order valence-corrected chi connectivity index (χ2v) is 10.1. The molecule has 5 nitrogen and oxygen atoms in total. The van der Waals surface area contributed by atoms with Gasteiger partial charge in [0.2, 0.25) is 0 Å². The molecule has 0 bridgehead atoms. The van der Waals surface area contributed by atoms with Gasteiger partial charge in [-0.2, -0.15) is 0 Å². The van der Waals surface area contributed by atoms with Gasteiger partial charge in [-0.15, -0.1) is 0 Å². The maximum absolute atomic E-state index is 6.48. The number of ether oxygens (including phenoxy) is 1. The summed E-state index contributed by atoms with van der Waals surface area (Å²) in [5.74, 6) is 2.42. The van der Waals surface area contributed by atoms with Crippen molar-refractivity contribution in [2.45, 2.75) is 39.0 Å². The molecule has 0 spiro atoms. The van der Waals surface area contributed by atoms with Crippen LogP contribution in [0.1, 0.15) is 42.9 Å². The topological polar surface area (TPSA) is 50.5 Å². The molecule has 7 heteroatoms. The van der Waals surface area contributed by atoms with Crippen LogP contribution in [0, 0.1) is 6.92 Å². The van der Waals surface area contributed by atoms with Crippen LogP contribution in [0.3, 0.4) is 0 Å². The van der Waals surface area contributed by atoms with E-state index in [9.17, 15) is 0 Å². The van der Waals surface area contributed by atoms with Gasteiger partial charge in [0.05, 0.1) is 17.8 Å². The third kappa shape index (κ3) is 4.83. The number of halogens is 1. The van der Waals surface area contributed by atoms with E-state index in [2.05, 4.69) is 56.3 Å². The number of pyridine rings is 1. The summed E-state index contributed by atoms with van der Waals surface area (Å²) in [5, 5.41) is 4.10. The van der Waals surface area contributed by atoms with Crippen LogP contribution in [0.2, 0.25) is 0 Å². The van der Waals surface area contributed by atoms with E-state index >= 15 is 0 Å². The number of anilines is 1. The van der Waals surface area contributed by atoms with Crippen LogP contribution in [0.4, 0.5) is 5.69 Å². The van der Waals surface area contributed by atoms with E-state index < -0.39 is 0 Å². The van der Waals surface area contributed by atoms with Gasteiger partial charge in [0.15, 0.2) is 5.11 Å². The molecule has 4 aromatic rings. The first-order valence-electron chi connectivity index (χ1n) is 11.5. The Morgan fingerprint density at radius 3 is 2.54 bits per heavy atom. The molecule has 0 radical (unpaired) electrons. The largest absolute Gasteiger partial charge is 0.491 e. The number of thiocarbonyl (C=S) groups is 1. The summed E-state index contributed by atoms with van der Waals surface area (Å²) >= 11 is 9.50. The molecule has 35 heavy (non-hydrogen) atoms. The fourth-order valence-electron chi connectivity index (χ4n) is 4.36. The number of benzene rings is 2. The molecule has 1 aliphatic heterocycles. The lowest BCUT2D eigenvalue weighted by molar-refractivity contribution is 0.242. The standard InChI is InChI=1S/C28H26BrN3O2S/c1-17(2)33-20-10-8-19(9-11-20)32-27(26(31-28(32)35)23-6-4-5-15-30-23)25-14-13-24(34-25)21-12-7-18(3)16-22(21)29/h4-17,26-27H,1-3H3,(H,31,35)/t26-,27-/m1/s1. The molecular formula is C28H26BrN3O2S.